The summed E-state index contributed by atoms with van der Waals surface area (Å²) in [5.74, 6) is -0.201. The molecular formula is C18H10Cl2N2OS. The number of rotatable bonds is 2. The average Bonchev–Trinajstić information content (AvgIpc) is 3.01. The third-order valence-electron chi connectivity index (χ3n) is 3.71. The second kappa shape index (κ2) is 6.06. The minimum Gasteiger partial charge on any atom is -0.298 e. The third-order valence-corrected chi connectivity index (χ3v) is 5.44. The highest BCUT2D eigenvalue weighted by molar-refractivity contribution is 7.22. The van der Waals surface area contributed by atoms with E-state index in [2.05, 4.69) is 10.3 Å². The highest BCUT2D eigenvalue weighted by Crippen LogP contribution is 2.35. The smallest absolute Gasteiger partial charge is 0.258 e. The summed E-state index contributed by atoms with van der Waals surface area (Å²) < 4.78 is 0.873. The van der Waals surface area contributed by atoms with E-state index >= 15 is 0 Å². The van der Waals surface area contributed by atoms with Crippen LogP contribution in [0.15, 0.2) is 54.6 Å². The van der Waals surface area contributed by atoms with Gasteiger partial charge in [-0.05, 0) is 29.0 Å². The van der Waals surface area contributed by atoms with Gasteiger partial charge < -0.3 is 0 Å². The van der Waals surface area contributed by atoms with E-state index < -0.39 is 0 Å². The minimum atomic E-state index is -0.201. The molecule has 0 unspecified atom stereocenters. The minimum absolute atomic E-state index is 0.201. The van der Waals surface area contributed by atoms with Gasteiger partial charge >= 0.3 is 0 Å². The molecule has 0 spiro atoms. The van der Waals surface area contributed by atoms with Crippen LogP contribution in [0, 0.1) is 0 Å². The molecule has 24 heavy (non-hydrogen) atoms. The normalized spacial score (nSPS) is 11.1. The Labute approximate surface area is 151 Å². The number of hydrogen-bond donors (Lipinski definition) is 1. The number of nitrogens with zero attached hydrogens (tertiary/aromatic N) is 1. The van der Waals surface area contributed by atoms with E-state index in [9.17, 15) is 4.79 Å². The van der Waals surface area contributed by atoms with Gasteiger partial charge in [0.2, 0.25) is 0 Å². The van der Waals surface area contributed by atoms with Crippen LogP contribution in [0.2, 0.25) is 10.0 Å². The molecule has 1 amide bonds. The fraction of sp³-hybridized carbons (Fsp3) is 0. The number of carbonyl (C=O) groups is 1. The summed E-state index contributed by atoms with van der Waals surface area (Å²) in [6.07, 6.45) is 0. The van der Waals surface area contributed by atoms with Crippen LogP contribution < -0.4 is 5.32 Å². The second-order valence-corrected chi connectivity index (χ2v) is 7.02. The third kappa shape index (κ3) is 2.63. The molecule has 0 radical (unpaired) electrons. The summed E-state index contributed by atoms with van der Waals surface area (Å²) in [7, 11) is 0. The van der Waals surface area contributed by atoms with Gasteiger partial charge in [-0.15, -0.1) is 0 Å². The van der Waals surface area contributed by atoms with Crippen LogP contribution in [-0.2, 0) is 0 Å². The van der Waals surface area contributed by atoms with E-state index in [1.165, 1.54) is 11.3 Å². The number of anilines is 1. The Morgan fingerprint density at radius 3 is 2.67 bits per heavy atom. The topological polar surface area (TPSA) is 42.0 Å². The van der Waals surface area contributed by atoms with Crippen molar-refractivity contribution >= 4 is 66.6 Å². The zero-order valence-electron chi connectivity index (χ0n) is 12.2. The number of amides is 1. The maximum atomic E-state index is 12.7. The Morgan fingerprint density at radius 2 is 1.79 bits per heavy atom. The van der Waals surface area contributed by atoms with E-state index in [0.717, 1.165) is 15.5 Å². The molecule has 0 aliphatic rings. The van der Waals surface area contributed by atoms with E-state index in [-0.39, 0.29) is 5.91 Å². The van der Waals surface area contributed by atoms with E-state index in [1.54, 1.807) is 12.1 Å². The monoisotopic (exact) mass is 372 g/mol. The van der Waals surface area contributed by atoms with Crippen LogP contribution in [0.3, 0.4) is 0 Å². The first-order valence-electron chi connectivity index (χ1n) is 7.17. The number of nitrogens with one attached hydrogen (secondary N) is 1. The summed E-state index contributed by atoms with van der Waals surface area (Å²) in [6.45, 7) is 0. The Bertz CT molecular complexity index is 1090. The molecule has 1 N–H and O–H groups in total. The first-order valence-corrected chi connectivity index (χ1v) is 8.74. The second-order valence-electron chi connectivity index (χ2n) is 5.21. The van der Waals surface area contributed by atoms with Crippen molar-refractivity contribution in [1.82, 2.24) is 4.98 Å². The molecular weight excluding hydrogens is 363 g/mol. The maximum absolute atomic E-state index is 12.7. The zero-order chi connectivity index (χ0) is 16.7. The van der Waals surface area contributed by atoms with Crippen LogP contribution in [0.5, 0.6) is 0 Å². The van der Waals surface area contributed by atoms with Crippen LogP contribution in [0.25, 0.3) is 21.0 Å². The lowest BCUT2D eigenvalue weighted by atomic mass is 10.0. The van der Waals surface area contributed by atoms with Crippen LogP contribution in [-0.4, -0.2) is 10.9 Å². The molecule has 0 fully saturated rings. The molecule has 3 nitrogen and oxygen atoms in total. The molecule has 0 bridgehead atoms. The summed E-state index contributed by atoms with van der Waals surface area (Å²) in [5, 5.41) is 6.11. The van der Waals surface area contributed by atoms with Gasteiger partial charge in [0.15, 0.2) is 5.13 Å². The molecule has 1 aromatic heterocycles. The summed E-state index contributed by atoms with van der Waals surface area (Å²) >= 11 is 13.5. The highest BCUT2D eigenvalue weighted by atomic mass is 35.5. The van der Waals surface area contributed by atoms with Crippen molar-refractivity contribution in [3.63, 3.8) is 0 Å². The van der Waals surface area contributed by atoms with Crippen LogP contribution in [0.1, 0.15) is 10.4 Å². The van der Waals surface area contributed by atoms with Crippen molar-refractivity contribution in [3.8, 4) is 0 Å². The molecule has 0 aliphatic heterocycles. The highest BCUT2D eigenvalue weighted by Gasteiger charge is 2.14. The van der Waals surface area contributed by atoms with E-state index in [4.69, 9.17) is 23.2 Å². The Balaban J connectivity index is 1.72. The number of fused-ring (bicyclic) bond motifs is 2. The Morgan fingerprint density at radius 1 is 1.00 bits per heavy atom. The van der Waals surface area contributed by atoms with Gasteiger partial charge in [-0.3, -0.25) is 10.1 Å². The molecule has 0 saturated heterocycles. The fourth-order valence-electron chi connectivity index (χ4n) is 2.58. The van der Waals surface area contributed by atoms with Gasteiger partial charge in [0.05, 0.1) is 14.7 Å². The first kappa shape index (κ1) is 15.4. The van der Waals surface area contributed by atoms with Crippen molar-refractivity contribution in [1.29, 1.82) is 0 Å². The molecule has 6 heteroatoms. The predicted octanol–water partition coefficient (Wildman–Crippen LogP) is 6.01. The van der Waals surface area contributed by atoms with Gasteiger partial charge in [-0.1, -0.05) is 70.9 Å². The van der Waals surface area contributed by atoms with Gasteiger partial charge in [-0.2, -0.15) is 0 Å². The lowest BCUT2D eigenvalue weighted by molar-refractivity contribution is 0.102. The molecule has 4 aromatic rings. The van der Waals surface area contributed by atoms with Crippen LogP contribution in [0.4, 0.5) is 5.13 Å². The molecule has 4 rings (SSSR count). The molecule has 3 aromatic carbocycles. The Kier molecular flexibility index (Phi) is 3.88. The molecule has 0 saturated carbocycles. The van der Waals surface area contributed by atoms with Crippen molar-refractivity contribution in [3.05, 3.63) is 70.2 Å². The number of hydrogen-bond acceptors (Lipinski definition) is 3. The van der Waals surface area contributed by atoms with Gasteiger partial charge in [0, 0.05) is 5.56 Å². The van der Waals surface area contributed by atoms with Crippen molar-refractivity contribution < 1.29 is 4.79 Å². The fourth-order valence-corrected chi connectivity index (χ4v) is 3.86. The number of thiazole rings is 1. The Hall–Kier alpha value is -2.14. The largest absolute Gasteiger partial charge is 0.298 e. The van der Waals surface area contributed by atoms with Gasteiger partial charge in [-0.25, -0.2) is 4.98 Å². The molecule has 0 atom stereocenters. The molecule has 1 heterocycles. The summed E-state index contributed by atoms with van der Waals surface area (Å²) in [6, 6.07) is 17.0. The van der Waals surface area contributed by atoms with E-state index in [1.807, 2.05) is 42.5 Å². The van der Waals surface area contributed by atoms with Gasteiger partial charge in [0.25, 0.3) is 5.91 Å². The van der Waals surface area contributed by atoms with Crippen LogP contribution >= 0.6 is 34.5 Å². The standard InChI is InChI=1S/C18H10Cl2N2OS/c19-13-8-9-14-16(15(13)20)21-18(24-14)22-17(23)12-7-3-5-10-4-1-2-6-11(10)12/h1-9H,(H,21,22,23). The number of halogens is 2. The quantitative estimate of drug-likeness (QED) is 0.468. The number of carbonyl (C=O) groups excluding carboxylic acids is 1. The summed E-state index contributed by atoms with van der Waals surface area (Å²) in [4.78, 5) is 17.0. The van der Waals surface area contributed by atoms with Crippen molar-refractivity contribution in [2.24, 2.45) is 0 Å². The summed E-state index contributed by atoms with van der Waals surface area (Å²) in [5.41, 5.74) is 1.21. The maximum Gasteiger partial charge on any atom is 0.258 e. The van der Waals surface area contributed by atoms with Crippen molar-refractivity contribution in [2.45, 2.75) is 0 Å². The molecule has 0 aliphatic carbocycles. The van der Waals surface area contributed by atoms with Crippen molar-refractivity contribution in [2.75, 3.05) is 5.32 Å². The number of aromatic nitrogens is 1. The molecule has 118 valence electrons. The average molecular weight is 373 g/mol. The first-order chi connectivity index (χ1) is 11.6. The lowest BCUT2D eigenvalue weighted by Gasteiger charge is -2.05. The predicted molar refractivity (Wildman–Crippen MR) is 102 cm³/mol. The number of benzene rings is 3. The van der Waals surface area contributed by atoms with Gasteiger partial charge in [0.1, 0.15) is 5.52 Å². The SMILES string of the molecule is O=C(Nc1nc2c(Cl)c(Cl)ccc2s1)c1cccc2ccccc12. The zero-order valence-corrected chi connectivity index (χ0v) is 14.5. The van der Waals surface area contributed by atoms with E-state index in [0.29, 0.717) is 26.3 Å². The lowest BCUT2D eigenvalue weighted by Crippen LogP contribution is -2.12.